The first-order valence-electron chi connectivity index (χ1n) is 10.7. The lowest BCUT2D eigenvalue weighted by atomic mass is 10.0. The van der Waals surface area contributed by atoms with Gasteiger partial charge in [-0.05, 0) is 41.5 Å². The molecule has 1 aliphatic rings. The molecule has 0 radical (unpaired) electrons. The number of amides is 1. The van der Waals surface area contributed by atoms with E-state index in [4.69, 9.17) is 4.74 Å². The molecule has 3 aromatic carbocycles. The summed E-state index contributed by atoms with van der Waals surface area (Å²) in [6.07, 6.45) is 2.04. The number of nitrogens with one attached hydrogen (secondary N) is 2. The molecule has 174 valence electrons. The van der Waals surface area contributed by atoms with Gasteiger partial charge in [0, 0.05) is 23.4 Å². The van der Waals surface area contributed by atoms with Crippen molar-refractivity contribution in [3.63, 3.8) is 0 Å². The zero-order valence-corrected chi connectivity index (χ0v) is 18.6. The summed E-state index contributed by atoms with van der Waals surface area (Å²) >= 11 is 0. The average Bonchev–Trinajstić information content (AvgIpc) is 3.31. The molecule has 10 nitrogen and oxygen atoms in total. The van der Waals surface area contributed by atoms with Gasteiger partial charge in [-0.2, -0.15) is 4.98 Å². The van der Waals surface area contributed by atoms with Gasteiger partial charge in [0.05, 0.1) is 12.0 Å². The van der Waals surface area contributed by atoms with Crippen molar-refractivity contribution < 1.29 is 14.5 Å². The minimum atomic E-state index is -0.519. The van der Waals surface area contributed by atoms with Gasteiger partial charge in [0.15, 0.2) is 0 Å². The van der Waals surface area contributed by atoms with E-state index in [0.29, 0.717) is 5.95 Å². The summed E-state index contributed by atoms with van der Waals surface area (Å²) in [5.41, 5.74) is 2.96. The molecule has 0 unspecified atom stereocenters. The SMILES string of the molecule is COc1ccc([C@H]2C=C(c3ccccc3)Nc3nc(NC(=O)c4ccc([N+](=O)[O-])cc4)nn32)cc1. The van der Waals surface area contributed by atoms with Crippen molar-refractivity contribution in [3.8, 4) is 5.75 Å². The van der Waals surface area contributed by atoms with Gasteiger partial charge in [0.25, 0.3) is 17.5 Å². The van der Waals surface area contributed by atoms with Crippen LogP contribution in [-0.2, 0) is 0 Å². The Morgan fingerprint density at radius 3 is 2.43 bits per heavy atom. The molecule has 1 atom stereocenters. The minimum absolute atomic E-state index is 0.0943. The molecule has 1 aliphatic heterocycles. The molecule has 1 amide bonds. The Morgan fingerprint density at radius 1 is 1.06 bits per heavy atom. The second-order valence-corrected chi connectivity index (χ2v) is 7.75. The number of anilines is 2. The van der Waals surface area contributed by atoms with Crippen molar-refractivity contribution in [1.82, 2.24) is 14.8 Å². The standard InChI is InChI=1S/C25H20N6O4/c1-35-20-13-9-17(10-14-20)22-15-21(16-5-3-2-4-6-16)26-25-28-24(29-30(22)25)27-23(32)18-7-11-19(12-8-18)31(33)34/h2-15,22H,1H3,(H2,26,27,28,29,32)/t22-/m1/s1. The molecule has 0 aliphatic carbocycles. The molecule has 0 saturated carbocycles. The normalized spacial score (nSPS) is 14.3. The van der Waals surface area contributed by atoms with Crippen LogP contribution in [-0.4, -0.2) is 32.7 Å². The zero-order valence-electron chi connectivity index (χ0n) is 18.6. The predicted molar refractivity (Wildman–Crippen MR) is 130 cm³/mol. The molecule has 0 fully saturated rings. The summed E-state index contributed by atoms with van der Waals surface area (Å²) in [5.74, 6) is 0.841. The second kappa shape index (κ2) is 9.10. The second-order valence-electron chi connectivity index (χ2n) is 7.75. The molecule has 0 spiro atoms. The Balaban J connectivity index is 1.46. The number of benzene rings is 3. The number of hydrogen-bond donors (Lipinski definition) is 2. The highest BCUT2D eigenvalue weighted by Crippen LogP contribution is 2.33. The fraction of sp³-hybridized carbons (Fsp3) is 0.0800. The predicted octanol–water partition coefficient (Wildman–Crippen LogP) is 4.50. The Kier molecular flexibility index (Phi) is 5.68. The lowest BCUT2D eigenvalue weighted by Crippen LogP contribution is -2.20. The average molecular weight is 468 g/mol. The lowest BCUT2D eigenvalue weighted by molar-refractivity contribution is -0.384. The highest BCUT2D eigenvalue weighted by atomic mass is 16.6. The molecule has 5 rings (SSSR count). The van der Waals surface area contributed by atoms with Crippen LogP contribution in [0, 0.1) is 10.1 Å². The Labute approximate surface area is 200 Å². The number of allylic oxidation sites excluding steroid dienone is 1. The number of fused-ring (bicyclic) bond motifs is 1. The van der Waals surface area contributed by atoms with Gasteiger partial charge in [-0.1, -0.05) is 42.5 Å². The van der Waals surface area contributed by atoms with Crippen molar-refractivity contribution in [3.05, 3.63) is 112 Å². The van der Waals surface area contributed by atoms with Crippen LogP contribution in [0.3, 0.4) is 0 Å². The quantitative estimate of drug-likeness (QED) is 0.315. The van der Waals surface area contributed by atoms with E-state index in [-0.39, 0.29) is 23.2 Å². The molecule has 35 heavy (non-hydrogen) atoms. The molecule has 2 heterocycles. The highest BCUT2D eigenvalue weighted by molar-refractivity contribution is 6.03. The van der Waals surface area contributed by atoms with Gasteiger partial charge in [-0.25, -0.2) is 4.68 Å². The van der Waals surface area contributed by atoms with E-state index < -0.39 is 10.8 Å². The monoisotopic (exact) mass is 468 g/mol. The van der Waals surface area contributed by atoms with Crippen molar-refractivity contribution in [1.29, 1.82) is 0 Å². The van der Waals surface area contributed by atoms with Crippen molar-refractivity contribution in [2.45, 2.75) is 6.04 Å². The van der Waals surface area contributed by atoms with Gasteiger partial charge in [0.2, 0.25) is 5.95 Å². The summed E-state index contributed by atoms with van der Waals surface area (Å²) < 4.78 is 6.97. The number of aromatic nitrogens is 3. The molecular formula is C25H20N6O4. The number of hydrogen-bond acceptors (Lipinski definition) is 7. The van der Waals surface area contributed by atoms with E-state index in [2.05, 4.69) is 20.7 Å². The van der Waals surface area contributed by atoms with Crippen LogP contribution in [0.2, 0.25) is 0 Å². The topological polar surface area (TPSA) is 124 Å². The van der Waals surface area contributed by atoms with Crippen LogP contribution in [0.15, 0.2) is 84.9 Å². The zero-order chi connectivity index (χ0) is 24.4. The fourth-order valence-electron chi connectivity index (χ4n) is 3.78. The number of carbonyl (C=O) groups is 1. The maximum absolute atomic E-state index is 12.7. The van der Waals surface area contributed by atoms with Gasteiger partial charge in [-0.3, -0.25) is 20.2 Å². The Morgan fingerprint density at radius 2 is 1.77 bits per heavy atom. The third-order valence-electron chi connectivity index (χ3n) is 5.57. The number of ether oxygens (including phenoxy) is 1. The van der Waals surface area contributed by atoms with Crippen molar-refractivity contribution in [2.75, 3.05) is 17.7 Å². The maximum atomic E-state index is 12.7. The molecule has 1 aromatic heterocycles. The maximum Gasteiger partial charge on any atom is 0.269 e. The number of methoxy groups -OCH3 is 1. The van der Waals surface area contributed by atoms with E-state index in [1.165, 1.54) is 24.3 Å². The number of carbonyl (C=O) groups excluding carboxylic acids is 1. The van der Waals surface area contributed by atoms with Crippen molar-refractivity contribution >= 4 is 29.2 Å². The molecule has 4 aromatic rings. The van der Waals surface area contributed by atoms with Gasteiger partial charge in [0.1, 0.15) is 11.8 Å². The summed E-state index contributed by atoms with van der Waals surface area (Å²) in [6.45, 7) is 0. The number of nitrogens with zero attached hydrogens (tertiary/aromatic N) is 4. The van der Waals surface area contributed by atoms with Crippen LogP contribution < -0.4 is 15.4 Å². The minimum Gasteiger partial charge on any atom is -0.497 e. The van der Waals surface area contributed by atoms with E-state index in [1.807, 2.05) is 60.7 Å². The Bertz CT molecular complexity index is 1410. The summed E-state index contributed by atoms with van der Waals surface area (Å²) in [7, 11) is 1.61. The van der Waals surface area contributed by atoms with Crippen LogP contribution in [0.25, 0.3) is 5.70 Å². The summed E-state index contributed by atoms with van der Waals surface area (Å²) in [5, 5.41) is 21.3. The first-order valence-corrected chi connectivity index (χ1v) is 10.7. The van der Waals surface area contributed by atoms with E-state index in [1.54, 1.807) is 11.8 Å². The third-order valence-corrected chi connectivity index (χ3v) is 5.57. The lowest BCUT2D eigenvalue weighted by Gasteiger charge is -2.24. The molecular weight excluding hydrogens is 448 g/mol. The molecule has 0 saturated heterocycles. The van der Waals surface area contributed by atoms with E-state index in [9.17, 15) is 14.9 Å². The molecule has 0 bridgehead atoms. The Hall–Kier alpha value is -4.99. The first kappa shape index (κ1) is 21.8. The van der Waals surface area contributed by atoms with Crippen LogP contribution in [0.5, 0.6) is 5.75 Å². The third kappa shape index (κ3) is 4.44. The van der Waals surface area contributed by atoms with E-state index >= 15 is 0 Å². The van der Waals surface area contributed by atoms with E-state index in [0.717, 1.165) is 22.6 Å². The number of nitro groups is 1. The summed E-state index contributed by atoms with van der Waals surface area (Å²) in [6, 6.07) is 22.5. The fourth-order valence-corrected chi connectivity index (χ4v) is 3.78. The molecule has 2 N–H and O–H groups in total. The number of nitro benzene ring substituents is 1. The number of non-ortho nitro benzene ring substituents is 1. The largest absolute Gasteiger partial charge is 0.497 e. The molecule has 10 heteroatoms. The van der Waals surface area contributed by atoms with Crippen LogP contribution >= 0.6 is 0 Å². The van der Waals surface area contributed by atoms with Gasteiger partial charge >= 0.3 is 0 Å². The summed E-state index contributed by atoms with van der Waals surface area (Å²) in [4.78, 5) is 27.5. The smallest absolute Gasteiger partial charge is 0.269 e. The highest BCUT2D eigenvalue weighted by Gasteiger charge is 2.26. The van der Waals surface area contributed by atoms with Crippen molar-refractivity contribution in [2.24, 2.45) is 0 Å². The first-order chi connectivity index (χ1) is 17.0. The number of rotatable bonds is 6. The van der Waals surface area contributed by atoms with Gasteiger partial charge in [-0.15, -0.1) is 5.10 Å². The van der Waals surface area contributed by atoms with Gasteiger partial charge < -0.3 is 10.1 Å². The van der Waals surface area contributed by atoms with Crippen LogP contribution in [0.1, 0.15) is 27.5 Å². The van der Waals surface area contributed by atoms with Crippen LogP contribution in [0.4, 0.5) is 17.6 Å².